The molecule has 0 aromatic rings. The second-order valence-electron chi connectivity index (χ2n) is 2.92. The van der Waals surface area contributed by atoms with Crippen LogP contribution in [-0.4, -0.2) is 36.2 Å². The normalized spacial score (nSPS) is 23.4. The molecule has 0 aliphatic carbocycles. The van der Waals surface area contributed by atoms with Crippen LogP contribution in [0.4, 0.5) is 0 Å². The van der Waals surface area contributed by atoms with Crippen molar-refractivity contribution in [1.29, 1.82) is 0 Å². The molecular weight excluding hydrogens is 210 g/mol. The molecule has 0 aromatic carbocycles. The largest absolute Gasteiger partial charge is 0.351 e. The lowest BCUT2D eigenvalue weighted by Gasteiger charge is -2.14. The molecule has 1 aliphatic heterocycles. The van der Waals surface area contributed by atoms with E-state index in [4.69, 9.17) is 5.73 Å². The van der Waals surface area contributed by atoms with Gasteiger partial charge in [-0.2, -0.15) is 0 Å². The van der Waals surface area contributed by atoms with Crippen LogP contribution in [-0.2, 0) is 4.79 Å². The van der Waals surface area contributed by atoms with E-state index in [9.17, 15) is 4.79 Å². The molecule has 78 valence electrons. The van der Waals surface area contributed by atoms with Crippen molar-refractivity contribution in [3.63, 3.8) is 0 Å². The van der Waals surface area contributed by atoms with E-state index in [0.717, 1.165) is 11.6 Å². The lowest BCUT2D eigenvalue weighted by molar-refractivity contribution is -0.122. The maximum absolute atomic E-state index is 11.4. The molecule has 1 rings (SSSR count). The van der Waals surface area contributed by atoms with Crippen molar-refractivity contribution in [2.75, 3.05) is 18.2 Å². The van der Waals surface area contributed by atoms with E-state index >= 15 is 0 Å². The number of thioether (sulfide) groups is 1. The van der Waals surface area contributed by atoms with E-state index in [1.807, 2.05) is 6.92 Å². The van der Waals surface area contributed by atoms with Gasteiger partial charge in [-0.05, 0) is 6.92 Å². The number of carbonyl (C=O) groups is 1. The summed E-state index contributed by atoms with van der Waals surface area (Å²) >= 11 is 1.74. The van der Waals surface area contributed by atoms with Gasteiger partial charge in [0.1, 0.15) is 0 Å². The Morgan fingerprint density at radius 3 is 3.00 bits per heavy atom. The molecule has 0 saturated carbocycles. The first-order valence-corrected chi connectivity index (χ1v) is 5.21. The molecule has 1 amide bonds. The average Bonchev–Trinajstić information content (AvgIpc) is 2.56. The third kappa shape index (κ3) is 4.17. The molecule has 0 aromatic heterocycles. The SMILES string of the molecule is C[C@H](CN)NC(=O)[C@H]1CSCN1.Cl. The van der Waals surface area contributed by atoms with Crippen LogP contribution in [0, 0.1) is 0 Å². The standard InChI is InChI=1S/C7H15N3OS.ClH/c1-5(2-8)10-7(11)6-3-12-4-9-6;/h5-6,9H,2-4,8H2,1H3,(H,10,11);1H/t5-,6-;/m1./s1. The van der Waals surface area contributed by atoms with E-state index in [0.29, 0.717) is 6.54 Å². The van der Waals surface area contributed by atoms with Crippen molar-refractivity contribution in [2.24, 2.45) is 5.73 Å². The minimum absolute atomic E-state index is 0. The molecule has 4 nitrogen and oxygen atoms in total. The van der Waals surface area contributed by atoms with Crippen LogP contribution >= 0.6 is 24.2 Å². The molecule has 4 N–H and O–H groups in total. The van der Waals surface area contributed by atoms with Crippen LogP contribution in [0.3, 0.4) is 0 Å². The molecule has 6 heteroatoms. The Morgan fingerprint density at radius 1 is 1.85 bits per heavy atom. The van der Waals surface area contributed by atoms with Crippen molar-refractivity contribution in [2.45, 2.75) is 19.0 Å². The summed E-state index contributed by atoms with van der Waals surface area (Å²) in [6, 6.07) is 0.0499. The highest BCUT2D eigenvalue weighted by molar-refractivity contribution is 7.99. The van der Waals surface area contributed by atoms with Crippen LogP contribution in [0.2, 0.25) is 0 Å². The minimum atomic E-state index is -0.0241. The summed E-state index contributed by atoms with van der Waals surface area (Å²) in [5, 5.41) is 5.93. The van der Waals surface area contributed by atoms with Crippen molar-refractivity contribution in [1.82, 2.24) is 10.6 Å². The monoisotopic (exact) mass is 225 g/mol. The summed E-state index contributed by atoms with van der Waals surface area (Å²) in [4.78, 5) is 11.4. The van der Waals surface area contributed by atoms with Gasteiger partial charge < -0.3 is 11.1 Å². The average molecular weight is 226 g/mol. The quantitative estimate of drug-likeness (QED) is 0.608. The molecule has 1 saturated heterocycles. The van der Waals surface area contributed by atoms with Crippen molar-refractivity contribution in [3.05, 3.63) is 0 Å². The third-order valence-electron chi connectivity index (χ3n) is 1.78. The van der Waals surface area contributed by atoms with Crippen LogP contribution in [0.15, 0.2) is 0 Å². The van der Waals surface area contributed by atoms with E-state index < -0.39 is 0 Å². The van der Waals surface area contributed by atoms with Gasteiger partial charge in [0.05, 0.1) is 6.04 Å². The van der Waals surface area contributed by atoms with Gasteiger partial charge in [0.2, 0.25) is 5.91 Å². The number of carbonyl (C=O) groups excluding carboxylic acids is 1. The van der Waals surface area contributed by atoms with Gasteiger partial charge in [0.15, 0.2) is 0 Å². The molecular formula is C7H16ClN3OS. The zero-order chi connectivity index (χ0) is 8.97. The third-order valence-corrected chi connectivity index (χ3v) is 2.71. The summed E-state index contributed by atoms with van der Waals surface area (Å²) in [6.45, 7) is 2.39. The van der Waals surface area contributed by atoms with E-state index in [-0.39, 0.29) is 30.4 Å². The Morgan fingerprint density at radius 2 is 2.54 bits per heavy atom. The van der Waals surface area contributed by atoms with E-state index in [1.165, 1.54) is 0 Å². The number of halogens is 1. The molecule has 1 heterocycles. The molecule has 2 atom stereocenters. The lowest BCUT2D eigenvalue weighted by atomic mass is 10.2. The number of hydrogen-bond acceptors (Lipinski definition) is 4. The van der Waals surface area contributed by atoms with Crippen LogP contribution in [0.5, 0.6) is 0 Å². The Balaban J connectivity index is 0.00000144. The highest BCUT2D eigenvalue weighted by Gasteiger charge is 2.22. The van der Waals surface area contributed by atoms with Crippen LogP contribution in [0.1, 0.15) is 6.92 Å². The Labute approximate surface area is 88.8 Å². The minimum Gasteiger partial charge on any atom is -0.351 e. The van der Waals surface area contributed by atoms with Gasteiger partial charge in [-0.15, -0.1) is 24.2 Å². The number of nitrogens with one attached hydrogen (secondary N) is 2. The van der Waals surface area contributed by atoms with E-state index in [1.54, 1.807) is 11.8 Å². The Bertz CT molecular complexity index is 164. The van der Waals surface area contributed by atoms with Gasteiger partial charge in [-0.25, -0.2) is 0 Å². The summed E-state index contributed by atoms with van der Waals surface area (Å²) < 4.78 is 0. The summed E-state index contributed by atoms with van der Waals surface area (Å²) in [7, 11) is 0. The van der Waals surface area contributed by atoms with Gasteiger partial charge in [-0.3, -0.25) is 10.1 Å². The fourth-order valence-electron chi connectivity index (χ4n) is 0.966. The fraction of sp³-hybridized carbons (Fsp3) is 0.857. The molecule has 0 radical (unpaired) electrons. The summed E-state index contributed by atoms with van der Waals surface area (Å²) in [6.07, 6.45) is 0. The van der Waals surface area contributed by atoms with Crippen LogP contribution < -0.4 is 16.4 Å². The topological polar surface area (TPSA) is 67.1 Å². The van der Waals surface area contributed by atoms with Gasteiger partial charge in [0, 0.05) is 24.2 Å². The zero-order valence-electron chi connectivity index (χ0n) is 7.58. The van der Waals surface area contributed by atoms with Gasteiger partial charge >= 0.3 is 0 Å². The molecule has 1 fully saturated rings. The summed E-state index contributed by atoms with van der Waals surface area (Å²) in [5.41, 5.74) is 5.38. The smallest absolute Gasteiger partial charge is 0.238 e. The predicted molar refractivity (Wildman–Crippen MR) is 58.2 cm³/mol. The highest BCUT2D eigenvalue weighted by Crippen LogP contribution is 2.09. The second-order valence-corrected chi connectivity index (χ2v) is 3.95. The number of nitrogens with two attached hydrogens (primary N) is 1. The second kappa shape index (κ2) is 6.48. The van der Waals surface area contributed by atoms with E-state index in [2.05, 4.69) is 10.6 Å². The van der Waals surface area contributed by atoms with Crippen molar-refractivity contribution in [3.8, 4) is 0 Å². The molecule has 1 aliphatic rings. The Hall–Kier alpha value is 0.0300. The van der Waals surface area contributed by atoms with Crippen molar-refractivity contribution >= 4 is 30.1 Å². The van der Waals surface area contributed by atoms with Crippen LogP contribution in [0.25, 0.3) is 0 Å². The molecule has 0 unspecified atom stereocenters. The first-order chi connectivity index (χ1) is 5.74. The Kier molecular flexibility index (Phi) is 6.49. The fourth-order valence-corrected chi connectivity index (χ4v) is 1.91. The van der Waals surface area contributed by atoms with Gasteiger partial charge in [0.25, 0.3) is 0 Å². The summed E-state index contributed by atoms with van der Waals surface area (Å²) in [5.74, 6) is 1.80. The molecule has 0 spiro atoms. The number of amides is 1. The number of hydrogen-bond donors (Lipinski definition) is 3. The molecule has 0 bridgehead atoms. The van der Waals surface area contributed by atoms with Gasteiger partial charge in [-0.1, -0.05) is 0 Å². The maximum Gasteiger partial charge on any atom is 0.238 e. The maximum atomic E-state index is 11.4. The van der Waals surface area contributed by atoms with Crippen molar-refractivity contribution < 1.29 is 4.79 Å². The number of rotatable bonds is 3. The first kappa shape index (κ1) is 13.0. The zero-order valence-corrected chi connectivity index (χ0v) is 9.21. The predicted octanol–water partition coefficient (Wildman–Crippen LogP) is -0.466. The highest BCUT2D eigenvalue weighted by atomic mass is 35.5. The molecule has 13 heavy (non-hydrogen) atoms. The lowest BCUT2D eigenvalue weighted by Crippen LogP contribution is -2.47. The first-order valence-electron chi connectivity index (χ1n) is 4.05.